The molecule has 0 saturated carbocycles. The minimum absolute atomic E-state index is 0.00858. The Labute approximate surface area is 190 Å². The van der Waals surface area contributed by atoms with Crippen LogP contribution in [-0.4, -0.2) is 38.7 Å². The lowest BCUT2D eigenvalue weighted by Gasteiger charge is -2.10. The van der Waals surface area contributed by atoms with E-state index in [1.165, 1.54) is 17.3 Å². The zero-order chi connectivity index (χ0) is 21.3. The van der Waals surface area contributed by atoms with E-state index < -0.39 is 0 Å². The molecule has 3 aromatic rings. The molecule has 3 rings (SSSR count). The molecule has 9 heteroatoms. The van der Waals surface area contributed by atoms with Gasteiger partial charge in [-0.25, -0.2) is 0 Å². The summed E-state index contributed by atoms with van der Waals surface area (Å²) in [5, 5.41) is 13.0. The molecule has 0 aliphatic heterocycles. The number of furan rings is 1. The molecule has 0 saturated heterocycles. The van der Waals surface area contributed by atoms with Gasteiger partial charge < -0.3 is 9.73 Å². The Hall–Kier alpha value is -1.90. The first-order valence-corrected chi connectivity index (χ1v) is 12.2. The number of carbonyl (C=O) groups is 1. The van der Waals surface area contributed by atoms with Crippen LogP contribution < -0.4 is 5.32 Å². The third-order valence-electron chi connectivity index (χ3n) is 4.24. The van der Waals surface area contributed by atoms with E-state index in [-0.39, 0.29) is 11.8 Å². The van der Waals surface area contributed by atoms with Crippen LogP contribution in [0.4, 0.5) is 0 Å². The average molecular weight is 465 g/mol. The smallest absolute Gasteiger partial charge is 0.230 e. The molecule has 2 aromatic heterocycles. The second-order valence-corrected chi connectivity index (χ2v) is 9.46. The molecule has 0 bridgehead atoms. The van der Waals surface area contributed by atoms with Crippen LogP contribution in [0.3, 0.4) is 0 Å². The van der Waals surface area contributed by atoms with Crippen molar-refractivity contribution < 1.29 is 9.21 Å². The van der Waals surface area contributed by atoms with Crippen LogP contribution in [-0.2, 0) is 17.1 Å². The summed E-state index contributed by atoms with van der Waals surface area (Å²) in [6.07, 6.45) is 1.65. The number of halogens is 1. The zero-order valence-electron chi connectivity index (χ0n) is 17.0. The second-order valence-electron chi connectivity index (χ2n) is 6.98. The molecule has 2 heterocycles. The van der Waals surface area contributed by atoms with Gasteiger partial charge in [0.1, 0.15) is 11.6 Å². The molecule has 0 radical (unpaired) electrons. The van der Waals surface area contributed by atoms with Gasteiger partial charge in [-0.05, 0) is 29.8 Å². The van der Waals surface area contributed by atoms with E-state index in [0.29, 0.717) is 18.8 Å². The molecule has 0 fully saturated rings. The van der Waals surface area contributed by atoms with Crippen LogP contribution in [0.15, 0.2) is 52.2 Å². The Balaban J connectivity index is 1.42. The van der Waals surface area contributed by atoms with Crippen LogP contribution >= 0.6 is 35.1 Å². The van der Waals surface area contributed by atoms with Gasteiger partial charge in [0.05, 0.1) is 18.6 Å². The highest BCUT2D eigenvalue weighted by molar-refractivity contribution is 7.99. The Morgan fingerprint density at radius 3 is 2.73 bits per heavy atom. The summed E-state index contributed by atoms with van der Waals surface area (Å²) in [5.74, 6) is 3.99. The number of benzene rings is 1. The summed E-state index contributed by atoms with van der Waals surface area (Å²) in [7, 11) is 0. The lowest BCUT2D eigenvalue weighted by molar-refractivity contribution is -0.118. The van der Waals surface area contributed by atoms with Crippen LogP contribution in [0.1, 0.15) is 36.9 Å². The van der Waals surface area contributed by atoms with E-state index in [2.05, 4.69) is 29.4 Å². The van der Waals surface area contributed by atoms with Crippen molar-refractivity contribution in [1.29, 1.82) is 0 Å². The van der Waals surface area contributed by atoms with Crippen LogP contribution in [0.5, 0.6) is 0 Å². The highest BCUT2D eigenvalue weighted by atomic mass is 35.5. The third kappa shape index (κ3) is 6.82. The Morgan fingerprint density at radius 2 is 2.03 bits per heavy atom. The van der Waals surface area contributed by atoms with Gasteiger partial charge in [0.2, 0.25) is 5.91 Å². The quantitative estimate of drug-likeness (QED) is 0.323. The number of carbonyl (C=O) groups excluding carboxylic acids is 1. The number of hydrogen-bond acceptors (Lipinski definition) is 6. The molecule has 0 aliphatic carbocycles. The fourth-order valence-electron chi connectivity index (χ4n) is 2.76. The maximum absolute atomic E-state index is 12.2. The predicted molar refractivity (Wildman–Crippen MR) is 123 cm³/mol. The van der Waals surface area contributed by atoms with Gasteiger partial charge in [-0.2, -0.15) is 11.8 Å². The maximum Gasteiger partial charge on any atom is 0.230 e. The molecule has 6 nitrogen and oxygen atoms in total. The molecule has 30 heavy (non-hydrogen) atoms. The van der Waals surface area contributed by atoms with Gasteiger partial charge in [0, 0.05) is 29.0 Å². The number of hydrogen-bond donors (Lipinski definition) is 1. The molecule has 0 atom stereocenters. The normalized spacial score (nSPS) is 11.2. The van der Waals surface area contributed by atoms with Gasteiger partial charge in [-0.3, -0.25) is 9.36 Å². The molecule has 0 spiro atoms. The first-order valence-electron chi connectivity index (χ1n) is 9.70. The molecular formula is C21H25ClN4O2S2. The summed E-state index contributed by atoms with van der Waals surface area (Å²) in [6.45, 7) is 5.34. The van der Waals surface area contributed by atoms with E-state index in [1.54, 1.807) is 18.0 Å². The highest BCUT2D eigenvalue weighted by Gasteiger charge is 2.17. The number of nitrogens with zero attached hydrogens (tertiary/aromatic N) is 3. The van der Waals surface area contributed by atoms with E-state index in [9.17, 15) is 4.79 Å². The topological polar surface area (TPSA) is 73.0 Å². The van der Waals surface area contributed by atoms with Gasteiger partial charge in [0.25, 0.3) is 0 Å². The monoisotopic (exact) mass is 464 g/mol. The standard InChI is InChI=1S/C21H25ClN4O2S2/c1-15(2)20-24-25-21(26(20)12-18-4-3-10-28-18)30-14-19(27)23-9-11-29-13-16-5-7-17(22)8-6-16/h3-8,10,15H,9,11-14H2,1-2H3,(H,23,27). The van der Waals surface area contributed by atoms with Gasteiger partial charge in [-0.1, -0.05) is 49.3 Å². The van der Waals surface area contributed by atoms with Gasteiger partial charge >= 0.3 is 0 Å². The average Bonchev–Trinajstić information content (AvgIpc) is 3.38. The minimum atomic E-state index is -0.00858. The number of amides is 1. The lowest BCUT2D eigenvalue weighted by Crippen LogP contribution is -2.27. The fourth-order valence-corrected chi connectivity index (χ4v) is 4.47. The molecule has 0 unspecified atom stereocenters. The van der Waals surface area contributed by atoms with Crippen LogP contribution in [0.2, 0.25) is 5.02 Å². The van der Waals surface area contributed by atoms with E-state index in [4.69, 9.17) is 16.0 Å². The van der Waals surface area contributed by atoms with Crippen LogP contribution in [0.25, 0.3) is 0 Å². The number of rotatable bonds is 11. The lowest BCUT2D eigenvalue weighted by atomic mass is 10.2. The molecule has 160 valence electrons. The van der Waals surface area contributed by atoms with E-state index in [0.717, 1.165) is 33.3 Å². The minimum Gasteiger partial charge on any atom is -0.467 e. The molecular weight excluding hydrogens is 440 g/mol. The number of aromatic nitrogens is 3. The van der Waals surface area contributed by atoms with Gasteiger partial charge in [-0.15, -0.1) is 10.2 Å². The molecule has 0 aliphatic rings. The van der Waals surface area contributed by atoms with E-state index in [1.807, 2.05) is 41.0 Å². The van der Waals surface area contributed by atoms with Crippen molar-refractivity contribution in [2.45, 2.75) is 37.2 Å². The summed E-state index contributed by atoms with van der Waals surface area (Å²) in [6, 6.07) is 11.6. The Bertz CT molecular complexity index is 927. The summed E-state index contributed by atoms with van der Waals surface area (Å²) >= 11 is 9.07. The van der Waals surface area contributed by atoms with E-state index >= 15 is 0 Å². The summed E-state index contributed by atoms with van der Waals surface area (Å²) < 4.78 is 7.48. The first-order chi connectivity index (χ1) is 14.5. The predicted octanol–water partition coefficient (Wildman–Crippen LogP) is 4.84. The number of thioether (sulfide) groups is 2. The van der Waals surface area contributed by atoms with Gasteiger partial charge in [0.15, 0.2) is 5.16 Å². The molecule has 1 N–H and O–H groups in total. The maximum atomic E-state index is 12.2. The van der Waals surface area contributed by atoms with Crippen molar-refractivity contribution in [2.75, 3.05) is 18.1 Å². The largest absolute Gasteiger partial charge is 0.467 e. The third-order valence-corrected chi connectivity index (χ3v) is 6.49. The number of nitrogens with one attached hydrogen (secondary N) is 1. The van der Waals surface area contributed by atoms with Crippen LogP contribution in [0, 0.1) is 0 Å². The van der Waals surface area contributed by atoms with Crippen molar-refractivity contribution in [3.05, 3.63) is 64.8 Å². The summed E-state index contributed by atoms with van der Waals surface area (Å²) in [5.41, 5.74) is 1.23. The first kappa shape index (κ1) is 22.8. The SMILES string of the molecule is CC(C)c1nnc(SCC(=O)NCCSCc2ccc(Cl)cc2)n1Cc1ccco1. The fraction of sp³-hybridized carbons (Fsp3) is 0.381. The Morgan fingerprint density at radius 1 is 1.23 bits per heavy atom. The summed E-state index contributed by atoms with van der Waals surface area (Å²) in [4.78, 5) is 12.2. The van der Waals surface area contributed by atoms with Crippen molar-refractivity contribution in [1.82, 2.24) is 20.1 Å². The Kier molecular flexibility index (Phi) is 8.72. The van der Waals surface area contributed by atoms with Crippen molar-refractivity contribution >= 4 is 41.0 Å². The van der Waals surface area contributed by atoms with Crippen molar-refractivity contribution in [3.63, 3.8) is 0 Å². The highest BCUT2D eigenvalue weighted by Crippen LogP contribution is 2.23. The molecule has 1 aromatic carbocycles. The van der Waals surface area contributed by atoms with Crippen molar-refractivity contribution in [2.24, 2.45) is 0 Å². The molecule has 1 amide bonds. The second kappa shape index (κ2) is 11.5. The van der Waals surface area contributed by atoms with Crippen molar-refractivity contribution in [3.8, 4) is 0 Å². The zero-order valence-corrected chi connectivity index (χ0v) is 19.4.